The average molecular weight is 429 g/mol. The lowest BCUT2D eigenvalue weighted by atomic mass is 9.73. The van der Waals surface area contributed by atoms with Crippen molar-refractivity contribution in [3.8, 4) is 0 Å². The van der Waals surface area contributed by atoms with Crippen LogP contribution in [0.2, 0.25) is 0 Å². The molecular weight excluding hydrogens is 392 g/mol. The number of hydrogen-bond donors (Lipinski definition) is 2. The van der Waals surface area contributed by atoms with Gasteiger partial charge in [0.25, 0.3) is 0 Å². The van der Waals surface area contributed by atoms with Gasteiger partial charge in [0.2, 0.25) is 11.0 Å². The van der Waals surface area contributed by atoms with E-state index in [2.05, 4.69) is 31.1 Å². The van der Waals surface area contributed by atoms with E-state index < -0.39 is 0 Å². The fourth-order valence-corrected chi connectivity index (χ4v) is 5.44. The number of carbonyl (C=O) groups is 2. The molecule has 0 heterocycles. The van der Waals surface area contributed by atoms with E-state index in [-0.39, 0.29) is 28.4 Å². The maximum absolute atomic E-state index is 12.9. The second-order valence-corrected chi connectivity index (χ2v) is 10.6. The van der Waals surface area contributed by atoms with E-state index in [0.717, 1.165) is 54.8 Å². The van der Waals surface area contributed by atoms with Crippen molar-refractivity contribution < 1.29 is 9.59 Å². The molecule has 0 aliphatic heterocycles. The quantitative estimate of drug-likeness (QED) is 0.501. The Kier molecular flexibility index (Phi) is 7.67. The van der Waals surface area contributed by atoms with Crippen molar-refractivity contribution in [3.05, 3.63) is 36.5 Å². The van der Waals surface area contributed by atoms with Gasteiger partial charge in [-0.2, -0.15) is 0 Å². The molecule has 0 aromatic heterocycles. The molecule has 2 saturated carbocycles. The summed E-state index contributed by atoms with van der Waals surface area (Å²) in [5.74, 6) is 0.0689. The minimum atomic E-state index is -0.311. The summed E-state index contributed by atoms with van der Waals surface area (Å²) < 4.78 is 0. The SMILES string of the molecule is C=C(NCC(=O)Sc1ccccc1NC(=O)C1(C)CCCCC1)C1(C)CCCCC1. The average Bonchev–Trinajstić information content (AvgIpc) is 2.74. The third kappa shape index (κ3) is 5.69. The molecule has 5 heteroatoms. The van der Waals surface area contributed by atoms with Crippen LogP contribution < -0.4 is 10.6 Å². The number of amides is 1. The summed E-state index contributed by atoms with van der Waals surface area (Å²) in [6.07, 6.45) is 11.3. The second kappa shape index (κ2) is 10.0. The molecule has 4 nitrogen and oxygen atoms in total. The van der Waals surface area contributed by atoms with Gasteiger partial charge in [-0.15, -0.1) is 0 Å². The predicted octanol–water partition coefficient (Wildman–Crippen LogP) is 6.29. The van der Waals surface area contributed by atoms with Gasteiger partial charge in [0, 0.05) is 21.4 Å². The fourth-order valence-electron chi connectivity index (χ4n) is 4.68. The number of carbonyl (C=O) groups excluding carboxylic acids is 2. The van der Waals surface area contributed by atoms with E-state index in [1.807, 2.05) is 24.3 Å². The number of anilines is 1. The number of para-hydroxylation sites is 1. The summed E-state index contributed by atoms with van der Waals surface area (Å²) in [6.45, 7) is 8.77. The van der Waals surface area contributed by atoms with Crippen LogP contribution in [0, 0.1) is 10.8 Å². The van der Waals surface area contributed by atoms with Crippen LogP contribution in [0.5, 0.6) is 0 Å². The predicted molar refractivity (Wildman–Crippen MR) is 125 cm³/mol. The molecule has 2 fully saturated rings. The molecular formula is C25H36N2O2S. The summed E-state index contributed by atoms with van der Waals surface area (Å²) in [4.78, 5) is 26.4. The molecule has 0 spiro atoms. The van der Waals surface area contributed by atoms with Crippen LogP contribution in [-0.2, 0) is 9.59 Å². The van der Waals surface area contributed by atoms with E-state index >= 15 is 0 Å². The molecule has 0 saturated heterocycles. The van der Waals surface area contributed by atoms with Crippen molar-refractivity contribution in [2.45, 2.75) is 83.0 Å². The van der Waals surface area contributed by atoms with Crippen molar-refractivity contribution >= 4 is 28.5 Å². The van der Waals surface area contributed by atoms with Crippen LogP contribution in [0.25, 0.3) is 0 Å². The highest BCUT2D eigenvalue weighted by atomic mass is 32.2. The molecule has 2 N–H and O–H groups in total. The highest BCUT2D eigenvalue weighted by Gasteiger charge is 2.35. The maximum Gasteiger partial charge on any atom is 0.230 e. The number of thioether (sulfide) groups is 1. The molecule has 30 heavy (non-hydrogen) atoms. The summed E-state index contributed by atoms with van der Waals surface area (Å²) in [6, 6.07) is 7.59. The Morgan fingerprint density at radius 3 is 2.13 bits per heavy atom. The molecule has 2 aliphatic rings. The molecule has 2 aliphatic carbocycles. The van der Waals surface area contributed by atoms with Gasteiger partial charge in [-0.3, -0.25) is 9.59 Å². The Morgan fingerprint density at radius 1 is 0.933 bits per heavy atom. The van der Waals surface area contributed by atoms with Crippen molar-refractivity contribution in [1.29, 1.82) is 0 Å². The molecule has 0 atom stereocenters. The minimum absolute atomic E-state index is 0.0288. The molecule has 1 amide bonds. The summed E-state index contributed by atoms with van der Waals surface area (Å²) in [7, 11) is 0. The first-order valence-corrected chi connectivity index (χ1v) is 12.2. The lowest BCUT2D eigenvalue weighted by molar-refractivity contribution is -0.126. The highest BCUT2D eigenvalue weighted by molar-refractivity contribution is 8.13. The minimum Gasteiger partial charge on any atom is -0.380 e. The zero-order valence-corrected chi connectivity index (χ0v) is 19.3. The lowest BCUT2D eigenvalue weighted by Gasteiger charge is -2.35. The molecule has 164 valence electrons. The first kappa shape index (κ1) is 22.9. The Morgan fingerprint density at radius 2 is 1.50 bits per heavy atom. The normalized spacial score (nSPS) is 20.2. The smallest absolute Gasteiger partial charge is 0.230 e. The van der Waals surface area contributed by atoms with E-state index in [4.69, 9.17) is 0 Å². The van der Waals surface area contributed by atoms with E-state index in [9.17, 15) is 9.59 Å². The summed E-state index contributed by atoms with van der Waals surface area (Å²) in [5.41, 5.74) is 1.48. The van der Waals surface area contributed by atoms with Crippen molar-refractivity contribution in [2.75, 3.05) is 11.9 Å². The zero-order chi connectivity index (χ0) is 21.6. The Bertz CT molecular complexity index is 777. The van der Waals surface area contributed by atoms with Crippen LogP contribution >= 0.6 is 11.8 Å². The second-order valence-electron chi connectivity index (χ2n) is 9.50. The van der Waals surface area contributed by atoms with Gasteiger partial charge in [-0.05, 0) is 49.6 Å². The summed E-state index contributed by atoms with van der Waals surface area (Å²) in [5, 5.41) is 6.41. The van der Waals surface area contributed by atoms with Gasteiger partial charge in [0.15, 0.2) is 0 Å². The Labute approximate surface area is 185 Å². The number of benzene rings is 1. The number of rotatable bonds is 7. The fraction of sp³-hybridized carbons (Fsp3) is 0.600. The highest BCUT2D eigenvalue weighted by Crippen LogP contribution is 2.40. The van der Waals surface area contributed by atoms with Crippen molar-refractivity contribution in [1.82, 2.24) is 5.32 Å². The number of allylic oxidation sites excluding steroid dienone is 1. The standard InChI is InChI=1S/C25H36N2O2S/c1-19(24(2)14-8-4-9-15-24)26-18-22(28)30-21-13-7-6-12-20(21)27-23(29)25(3)16-10-5-11-17-25/h6-7,12-13,26H,1,4-5,8-11,14-18H2,2-3H3,(H,27,29). The van der Waals surface area contributed by atoms with E-state index in [1.165, 1.54) is 37.4 Å². The Balaban J connectivity index is 1.57. The lowest BCUT2D eigenvalue weighted by Crippen LogP contribution is -2.35. The molecule has 0 radical (unpaired) electrons. The number of hydrogen-bond acceptors (Lipinski definition) is 4. The molecule has 1 aromatic rings. The van der Waals surface area contributed by atoms with Crippen molar-refractivity contribution in [2.24, 2.45) is 10.8 Å². The maximum atomic E-state index is 12.9. The third-order valence-corrected chi connectivity index (χ3v) is 7.94. The molecule has 0 unspecified atom stereocenters. The topological polar surface area (TPSA) is 58.2 Å². The largest absolute Gasteiger partial charge is 0.380 e. The first-order chi connectivity index (χ1) is 14.3. The van der Waals surface area contributed by atoms with Crippen LogP contribution in [0.1, 0.15) is 78.1 Å². The molecule has 0 bridgehead atoms. The summed E-state index contributed by atoms with van der Waals surface area (Å²) >= 11 is 1.19. The molecule has 1 aromatic carbocycles. The van der Waals surface area contributed by atoms with Gasteiger partial charge < -0.3 is 10.6 Å². The van der Waals surface area contributed by atoms with E-state index in [0.29, 0.717) is 0 Å². The van der Waals surface area contributed by atoms with Gasteiger partial charge >= 0.3 is 0 Å². The zero-order valence-electron chi connectivity index (χ0n) is 18.5. The van der Waals surface area contributed by atoms with Crippen molar-refractivity contribution in [3.63, 3.8) is 0 Å². The van der Waals surface area contributed by atoms with Gasteiger partial charge in [-0.1, -0.05) is 71.1 Å². The third-order valence-electron chi connectivity index (χ3n) is 7.00. The molecule has 3 rings (SSSR count). The van der Waals surface area contributed by atoms with E-state index in [1.54, 1.807) is 0 Å². The van der Waals surface area contributed by atoms with Gasteiger partial charge in [-0.25, -0.2) is 0 Å². The first-order valence-electron chi connectivity index (χ1n) is 11.4. The van der Waals surface area contributed by atoms with Crippen LogP contribution in [0.15, 0.2) is 41.4 Å². The van der Waals surface area contributed by atoms with Gasteiger partial charge in [0.1, 0.15) is 0 Å². The van der Waals surface area contributed by atoms with Crippen LogP contribution in [0.4, 0.5) is 5.69 Å². The monoisotopic (exact) mass is 428 g/mol. The van der Waals surface area contributed by atoms with Gasteiger partial charge in [0.05, 0.1) is 12.2 Å². The number of nitrogens with one attached hydrogen (secondary N) is 2. The Hall–Kier alpha value is -1.75. The van der Waals surface area contributed by atoms with Crippen LogP contribution in [-0.4, -0.2) is 17.6 Å². The van der Waals surface area contributed by atoms with Crippen LogP contribution in [0.3, 0.4) is 0 Å².